The minimum Gasteiger partial charge on any atom is -0.366 e. The van der Waals surface area contributed by atoms with E-state index in [2.05, 4.69) is 69.0 Å². The van der Waals surface area contributed by atoms with Gasteiger partial charge >= 0.3 is 0 Å². The highest BCUT2D eigenvalue weighted by Crippen LogP contribution is 2.29. The van der Waals surface area contributed by atoms with Gasteiger partial charge in [-0.25, -0.2) is 0 Å². The Balaban J connectivity index is 1.27. The van der Waals surface area contributed by atoms with Gasteiger partial charge in [0.15, 0.2) is 5.11 Å². The lowest BCUT2D eigenvalue weighted by Crippen LogP contribution is -2.47. The average Bonchev–Trinajstić information content (AvgIpc) is 3.18. The number of thiocarbonyl (C=S) groups is 1. The summed E-state index contributed by atoms with van der Waals surface area (Å²) < 4.78 is 5.97. The van der Waals surface area contributed by atoms with Crippen LogP contribution in [0.3, 0.4) is 0 Å². The van der Waals surface area contributed by atoms with Gasteiger partial charge in [0, 0.05) is 50.8 Å². The highest BCUT2D eigenvalue weighted by molar-refractivity contribution is 7.80. The summed E-state index contributed by atoms with van der Waals surface area (Å²) in [6.07, 6.45) is 1.07. The van der Waals surface area contributed by atoms with E-state index in [0.717, 1.165) is 50.6 Å². The van der Waals surface area contributed by atoms with Crippen LogP contribution >= 0.6 is 23.8 Å². The van der Waals surface area contributed by atoms with Crippen LogP contribution in [0.15, 0.2) is 48.5 Å². The van der Waals surface area contributed by atoms with Crippen LogP contribution in [-0.2, 0) is 6.42 Å². The van der Waals surface area contributed by atoms with Crippen LogP contribution in [-0.4, -0.2) is 54.2 Å². The molecule has 7 heteroatoms. The van der Waals surface area contributed by atoms with Gasteiger partial charge in [-0.15, -0.1) is 0 Å². The van der Waals surface area contributed by atoms with Crippen molar-refractivity contribution in [3.63, 3.8) is 0 Å². The van der Waals surface area contributed by atoms with Gasteiger partial charge in [0.25, 0.3) is 0 Å². The van der Waals surface area contributed by atoms with E-state index in [-0.39, 0.29) is 0 Å². The molecule has 0 aliphatic carbocycles. The fourth-order valence-electron chi connectivity index (χ4n) is 3.52. The van der Waals surface area contributed by atoms with E-state index in [1.54, 1.807) is 11.5 Å². The molecular weight excluding hydrogens is 386 g/mol. The predicted octanol–water partition coefficient (Wildman–Crippen LogP) is 3.58. The number of fused-ring (bicyclic) bond motifs is 1. The van der Waals surface area contributed by atoms with Gasteiger partial charge in [0.1, 0.15) is 5.82 Å². The number of rotatable bonds is 5. The molecule has 0 amide bonds. The highest BCUT2D eigenvalue weighted by atomic mass is 32.1. The van der Waals surface area contributed by atoms with Crippen molar-refractivity contribution in [2.75, 3.05) is 50.0 Å². The van der Waals surface area contributed by atoms with Crippen LogP contribution in [0.4, 0.5) is 11.5 Å². The molecule has 5 nitrogen and oxygen atoms in total. The van der Waals surface area contributed by atoms with Crippen LogP contribution in [0, 0.1) is 0 Å². The van der Waals surface area contributed by atoms with E-state index in [1.165, 1.54) is 15.6 Å². The molecule has 1 aliphatic rings. The third-order valence-electron chi connectivity index (χ3n) is 5.19. The van der Waals surface area contributed by atoms with Crippen LogP contribution in [0.2, 0.25) is 0 Å². The molecule has 2 N–H and O–H groups in total. The lowest BCUT2D eigenvalue weighted by molar-refractivity contribution is 0.261. The molecular formula is C21H25N5S2. The molecule has 3 aromatic rings. The second-order valence-electron chi connectivity index (χ2n) is 6.98. The van der Waals surface area contributed by atoms with Gasteiger partial charge < -0.3 is 15.5 Å². The number of hydrogen-bond acceptors (Lipinski definition) is 5. The van der Waals surface area contributed by atoms with Gasteiger partial charge in [0.2, 0.25) is 0 Å². The Kier molecular flexibility index (Phi) is 6.04. The number of nitrogens with zero attached hydrogens (tertiary/aromatic N) is 3. The first kappa shape index (κ1) is 19.1. The van der Waals surface area contributed by atoms with Crippen LogP contribution < -0.4 is 15.5 Å². The first-order valence-corrected chi connectivity index (χ1v) is 10.8. The van der Waals surface area contributed by atoms with Crippen molar-refractivity contribution in [1.29, 1.82) is 0 Å². The Labute approximate surface area is 175 Å². The third kappa shape index (κ3) is 4.43. The summed E-state index contributed by atoms with van der Waals surface area (Å²) >= 11 is 6.73. The standard InChI is InChI=1S/C21H25N5S2/c1-22-21(27)23-17-8-6-16(7-9-17)10-11-25-12-14-26(15-13-25)20-18-4-2-3-5-19(18)28-24-20/h2-9H,10-15H2,1H3,(H2,22,23,27). The lowest BCUT2D eigenvalue weighted by Gasteiger charge is -2.35. The third-order valence-corrected chi connectivity index (χ3v) is 6.31. The maximum atomic E-state index is 5.14. The molecule has 0 unspecified atom stereocenters. The van der Waals surface area contributed by atoms with Crippen molar-refractivity contribution in [2.45, 2.75) is 6.42 Å². The fraction of sp³-hybridized carbons (Fsp3) is 0.333. The maximum absolute atomic E-state index is 5.14. The second-order valence-corrected chi connectivity index (χ2v) is 8.20. The maximum Gasteiger partial charge on any atom is 0.170 e. The summed E-state index contributed by atoms with van der Waals surface area (Å²) in [5.74, 6) is 1.16. The monoisotopic (exact) mass is 411 g/mol. The Morgan fingerprint density at radius 2 is 1.82 bits per heavy atom. The van der Waals surface area contributed by atoms with E-state index in [9.17, 15) is 0 Å². The molecule has 0 radical (unpaired) electrons. The summed E-state index contributed by atoms with van der Waals surface area (Å²) in [6, 6.07) is 17.1. The van der Waals surface area contributed by atoms with Gasteiger partial charge in [-0.2, -0.15) is 4.37 Å². The Bertz CT molecular complexity index is 929. The number of anilines is 2. The molecule has 0 spiro atoms. The average molecular weight is 412 g/mol. The largest absolute Gasteiger partial charge is 0.366 e. The molecule has 146 valence electrons. The van der Waals surface area contributed by atoms with Crippen LogP contribution in [0.5, 0.6) is 0 Å². The zero-order chi connectivity index (χ0) is 19.3. The molecule has 28 heavy (non-hydrogen) atoms. The SMILES string of the molecule is CNC(=S)Nc1ccc(CCN2CCN(c3nsc4ccccc34)CC2)cc1. The van der Waals surface area contributed by atoms with Crippen molar-refractivity contribution >= 4 is 50.5 Å². The zero-order valence-corrected chi connectivity index (χ0v) is 17.7. The van der Waals surface area contributed by atoms with Gasteiger partial charge in [-0.05, 0) is 60.0 Å². The zero-order valence-electron chi connectivity index (χ0n) is 16.0. The lowest BCUT2D eigenvalue weighted by atomic mass is 10.1. The summed E-state index contributed by atoms with van der Waals surface area (Å²) in [4.78, 5) is 4.98. The van der Waals surface area contributed by atoms with E-state index >= 15 is 0 Å². The number of nitrogens with one attached hydrogen (secondary N) is 2. The second kappa shape index (κ2) is 8.86. The van der Waals surface area contributed by atoms with Crippen molar-refractivity contribution in [3.05, 3.63) is 54.1 Å². The Morgan fingerprint density at radius 3 is 2.57 bits per heavy atom. The molecule has 4 rings (SSSR count). The molecule has 1 saturated heterocycles. The molecule has 1 aromatic heterocycles. The number of aromatic nitrogens is 1. The minimum atomic E-state index is 0.638. The van der Waals surface area contributed by atoms with Crippen LogP contribution in [0.25, 0.3) is 10.1 Å². The predicted molar refractivity (Wildman–Crippen MR) is 124 cm³/mol. The minimum absolute atomic E-state index is 0.638. The smallest absolute Gasteiger partial charge is 0.170 e. The molecule has 1 aliphatic heterocycles. The van der Waals surface area contributed by atoms with Gasteiger partial charge in [-0.1, -0.05) is 24.3 Å². The number of benzene rings is 2. The van der Waals surface area contributed by atoms with Crippen molar-refractivity contribution in [2.24, 2.45) is 0 Å². The molecule has 1 fully saturated rings. The first-order chi connectivity index (χ1) is 13.7. The topological polar surface area (TPSA) is 43.4 Å². The molecule has 2 aromatic carbocycles. The summed E-state index contributed by atoms with van der Waals surface area (Å²) in [5.41, 5.74) is 2.38. The van der Waals surface area contributed by atoms with E-state index < -0.39 is 0 Å². The number of piperazine rings is 1. The Morgan fingerprint density at radius 1 is 1.07 bits per heavy atom. The normalized spacial score (nSPS) is 15.0. The van der Waals surface area contributed by atoms with E-state index in [1.807, 2.05) is 7.05 Å². The quantitative estimate of drug-likeness (QED) is 0.626. The van der Waals surface area contributed by atoms with Crippen molar-refractivity contribution in [3.8, 4) is 0 Å². The van der Waals surface area contributed by atoms with E-state index in [0.29, 0.717) is 5.11 Å². The molecule has 2 heterocycles. The summed E-state index contributed by atoms with van der Waals surface area (Å²) in [5, 5.41) is 8.00. The Hall–Kier alpha value is -2.22. The van der Waals surface area contributed by atoms with Crippen molar-refractivity contribution in [1.82, 2.24) is 14.6 Å². The highest BCUT2D eigenvalue weighted by Gasteiger charge is 2.20. The molecule has 0 atom stereocenters. The van der Waals surface area contributed by atoms with Crippen molar-refractivity contribution < 1.29 is 0 Å². The van der Waals surface area contributed by atoms with Gasteiger partial charge in [0.05, 0.1) is 4.70 Å². The summed E-state index contributed by atoms with van der Waals surface area (Å²) in [6.45, 7) is 5.34. The fourth-order valence-corrected chi connectivity index (χ4v) is 4.43. The molecule has 0 bridgehead atoms. The summed E-state index contributed by atoms with van der Waals surface area (Å²) in [7, 11) is 1.82. The first-order valence-electron chi connectivity index (χ1n) is 9.62. The van der Waals surface area contributed by atoms with Gasteiger partial charge in [-0.3, -0.25) is 4.90 Å². The van der Waals surface area contributed by atoms with E-state index in [4.69, 9.17) is 16.6 Å². The van der Waals surface area contributed by atoms with Crippen LogP contribution in [0.1, 0.15) is 5.56 Å². The number of hydrogen-bond donors (Lipinski definition) is 2. The molecule has 0 saturated carbocycles.